The first kappa shape index (κ1) is 15.8. The molecule has 2 aromatic rings. The van der Waals surface area contributed by atoms with Gasteiger partial charge in [-0.25, -0.2) is 4.39 Å². The van der Waals surface area contributed by atoms with Gasteiger partial charge in [0.25, 0.3) is 5.91 Å². The molecule has 7 heteroatoms. The van der Waals surface area contributed by atoms with Crippen LogP contribution in [0.4, 0.5) is 10.2 Å². The summed E-state index contributed by atoms with van der Waals surface area (Å²) in [4.78, 5) is 12.3. The molecule has 3 rings (SSSR count). The van der Waals surface area contributed by atoms with Gasteiger partial charge in [-0.15, -0.1) is 0 Å². The number of hydrogen-bond acceptors (Lipinski definition) is 3. The third-order valence-corrected chi connectivity index (χ3v) is 4.73. The van der Waals surface area contributed by atoms with E-state index < -0.39 is 0 Å². The monoisotopic (exact) mass is 336 g/mol. The Hall–Kier alpha value is -2.08. The Kier molecular flexibility index (Phi) is 4.52. The highest BCUT2D eigenvalue weighted by Crippen LogP contribution is 2.29. The molecule has 0 unspecified atom stereocenters. The zero-order chi connectivity index (χ0) is 16.4. The van der Waals surface area contributed by atoms with E-state index in [1.807, 2.05) is 0 Å². The van der Waals surface area contributed by atoms with E-state index in [0.717, 1.165) is 31.2 Å². The van der Waals surface area contributed by atoms with Gasteiger partial charge in [-0.05, 0) is 42.9 Å². The van der Waals surface area contributed by atoms with E-state index in [4.69, 9.17) is 17.3 Å². The Bertz CT molecular complexity index is 701. The number of amides is 1. The number of aromatic amines is 1. The van der Waals surface area contributed by atoms with Crippen molar-refractivity contribution in [2.75, 3.05) is 5.73 Å². The standard InChI is InChI=1S/C16H18ClFN4O/c17-13-14(21-22-15(13)19)16(23)20-12-3-1-2-10(12)8-9-4-6-11(18)7-5-9/h4-7,10,12H,1-3,8H2,(H,20,23)(H3,19,21,22)/t10-,12-/m1/s1. The number of halogens is 2. The summed E-state index contributed by atoms with van der Waals surface area (Å²) in [7, 11) is 0. The van der Waals surface area contributed by atoms with Crippen molar-refractivity contribution in [1.29, 1.82) is 0 Å². The maximum atomic E-state index is 13.0. The Morgan fingerprint density at radius 2 is 2.13 bits per heavy atom. The minimum atomic E-state index is -0.296. The molecule has 1 aliphatic rings. The van der Waals surface area contributed by atoms with Crippen LogP contribution < -0.4 is 11.1 Å². The Morgan fingerprint density at radius 3 is 2.78 bits per heavy atom. The van der Waals surface area contributed by atoms with Gasteiger partial charge < -0.3 is 11.1 Å². The quantitative estimate of drug-likeness (QED) is 0.802. The summed E-state index contributed by atoms with van der Waals surface area (Å²) in [6.07, 6.45) is 3.81. The second kappa shape index (κ2) is 6.58. The number of benzene rings is 1. The molecule has 1 amide bonds. The summed E-state index contributed by atoms with van der Waals surface area (Å²) in [5, 5.41) is 9.44. The maximum absolute atomic E-state index is 13.0. The first-order valence-electron chi connectivity index (χ1n) is 7.59. The first-order valence-corrected chi connectivity index (χ1v) is 7.97. The summed E-state index contributed by atoms with van der Waals surface area (Å²) in [6, 6.07) is 6.57. The fourth-order valence-corrected chi connectivity index (χ4v) is 3.30. The number of rotatable bonds is 4. The van der Waals surface area contributed by atoms with Crippen molar-refractivity contribution in [2.24, 2.45) is 5.92 Å². The largest absolute Gasteiger partial charge is 0.381 e. The molecule has 0 radical (unpaired) electrons. The predicted molar refractivity (Wildman–Crippen MR) is 86.7 cm³/mol. The molecule has 0 spiro atoms. The summed E-state index contributed by atoms with van der Waals surface area (Å²) in [5.41, 5.74) is 6.81. The van der Waals surface area contributed by atoms with Crippen molar-refractivity contribution >= 4 is 23.3 Å². The van der Waals surface area contributed by atoms with E-state index in [2.05, 4.69) is 15.5 Å². The maximum Gasteiger partial charge on any atom is 0.271 e. The first-order chi connectivity index (χ1) is 11.0. The van der Waals surface area contributed by atoms with Crippen LogP contribution >= 0.6 is 11.6 Å². The van der Waals surface area contributed by atoms with E-state index in [9.17, 15) is 9.18 Å². The van der Waals surface area contributed by atoms with E-state index in [1.165, 1.54) is 12.1 Å². The number of aromatic nitrogens is 2. The van der Waals surface area contributed by atoms with Crippen LogP contribution in [0.2, 0.25) is 5.02 Å². The lowest BCUT2D eigenvalue weighted by Crippen LogP contribution is -2.38. The third kappa shape index (κ3) is 3.47. The average Bonchev–Trinajstić information content (AvgIpc) is 3.09. The number of carbonyl (C=O) groups is 1. The SMILES string of the molecule is Nc1n[nH]c(C(=O)N[C@@H]2CCC[C@@H]2Cc2ccc(F)cc2)c1Cl. The Labute approximate surface area is 138 Å². The summed E-state index contributed by atoms with van der Waals surface area (Å²) >= 11 is 5.95. The van der Waals surface area contributed by atoms with Crippen LogP contribution in [0.3, 0.4) is 0 Å². The van der Waals surface area contributed by atoms with Gasteiger partial charge in [-0.1, -0.05) is 30.2 Å². The highest BCUT2D eigenvalue weighted by molar-refractivity contribution is 6.35. The summed E-state index contributed by atoms with van der Waals surface area (Å²) in [6.45, 7) is 0. The molecule has 1 heterocycles. The van der Waals surface area contributed by atoms with Gasteiger partial charge in [-0.2, -0.15) is 5.10 Å². The van der Waals surface area contributed by atoms with Crippen LogP contribution in [-0.4, -0.2) is 22.1 Å². The van der Waals surface area contributed by atoms with Gasteiger partial charge in [-0.3, -0.25) is 9.89 Å². The van der Waals surface area contributed by atoms with Crippen molar-refractivity contribution in [3.8, 4) is 0 Å². The molecule has 0 saturated heterocycles. The molecule has 1 saturated carbocycles. The molecule has 5 nitrogen and oxygen atoms in total. The minimum Gasteiger partial charge on any atom is -0.381 e. The lowest BCUT2D eigenvalue weighted by atomic mass is 9.94. The zero-order valence-corrected chi connectivity index (χ0v) is 13.2. The number of hydrogen-bond donors (Lipinski definition) is 3. The molecule has 4 N–H and O–H groups in total. The highest BCUT2D eigenvalue weighted by atomic mass is 35.5. The van der Waals surface area contributed by atoms with Crippen LogP contribution in [0.15, 0.2) is 24.3 Å². The van der Waals surface area contributed by atoms with Gasteiger partial charge >= 0.3 is 0 Å². The number of nitrogens with one attached hydrogen (secondary N) is 2. The lowest BCUT2D eigenvalue weighted by molar-refractivity contribution is 0.0923. The fourth-order valence-electron chi connectivity index (χ4n) is 3.13. The minimum absolute atomic E-state index is 0.0631. The predicted octanol–water partition coefficient (Wildman–Crippen LogP) is 2.93. The molecule has 2 atom stereocenters. The molecule has 0 bridgehead atoms. The zero-order valence-electron chi connectivity index (χ0n) is 12.5. The van der Waals surface area contributed by atoms with Crippen molar-refractivity contribution in [3.63, 3.8) is 0 Å². The molecule has 0 aliphatic heterocycles. The van der Waals surface area contributed by atoms with Gasteiger partial charge in [0.05, 0.1) is 0 Å². The van der Waals surface area contributed by atoms with Crippen LogP contribution in [0.1, 0.15) is 35.3 Å². The van der Waals surface area contributed by atoms with Crippen molar-refractivity contribution in [1.82, 2.24) is 15.5 Å². The van der Waals surface area contributed by atoms with Crippen molar-refractivity contribution < 1.29 is 9.18 Å². The molecular weight excluding hydrogens is 319 g/mol. The molecule has 1 aromatic carbocycles. The number of nitrogens with zero attached hydrogens (tertiary/aromatic N) is 1. The molecule has 1 fully saturated rings. The Morgan fingerprint density at radius 1 is 1.39 bits per heavy atom. The molecule has 23 heavy (non-hydrogen) atoms. The van der Waals surface area contributed by atoms with E-state index in [-0.39, 0.29) is 34.3 Å². The van der Waals surface area contributed by atoms with E-state index in [1.54, 1.807) is 12.1 Å². The molecule has 122 valence electrons. The number of H-pyrrole nitrogens is 1. The van der Waals surface area contributed by atoms with Crippen LogP contribution in [0.25, 0.3) is 0 Å². The topological polar surface area (TPSA) is 83.8 Å². The average molecular weight is 337 g/mol. The fraction of sp³-hybridized carbons (Fsp3) is 0.375. The van der Waals surface area contributed by atoms with E-state index in [0.29, 0.717) is 5.92 Å². The highest BCUT2D eigenvalue weighted by Gasteiger charge is 2.30. The molecule has 1 aliphatic carbocycles. The molecular formula is C16H18ClFN4O. The normalized spacial score (nSPS) is 20.6. The van der Waals surface area contributed by atoms with Gasteiger partial charge in [0.1, 0.15) is 16.5 Å². The van der Waals surface area contributed by atoms with E-state index >= 15 is 0 Å². The molecule has 1 aromatic heterocycles. The van der Waals surface area contributed by atoms with Crippen molar-refractivity contribution in [3.05, 3.63) is 46.4 Å². The van der Waals surface area contributed by atoms with Gasteiger partial charge in [0.15, 0.2) is 5.82 Å². The third-order valence-electron chi connectivity index (χ3n) is 4.35. The summed E-state index contributed by atoms with van der Waals surface area (Å²) in [5.74, 6) is -0.0961. The number of anilines is 1. The second-order valence-electron chi connectivity index (χ2n) is 5.90. The number of nitrogen functional groups attached to an aromatic ring is 1. The van der Waals surface area contributed by atoms with Crippen LogP contribution in [0, 0.1) is 11.7 Å². The number of carbonyl (C=O) groups excluding carboxylic acids is 1. The lowest BCUT2D eigenvalue weighted by Gasteiger charge is -2.21. The second-order valence-corrected chi connectivity index (χ2v) is 6.28. The van der Waals surface area contributed by atoms with Gasteiger partial charge in [0, 0.05) is 6.04 Å². The van der Waals surface area contributed by atoms with Crippen LogP contribution in [0.5, 0.6) is 0 Å². The smallest absolute Gasteiger partial charge is 0.271 e. The van der Waals surface area contributed by atoms with Crippen LogP contribution in [-0.2, 0) is 6.42 Å². The number of nitrogens with two attached hydrogens (primary N) is 1. The van der Waals surface area contributed by atoms with Crippen molar-refractivity contribution in [2.45, 2.75) is 31.7 Å². The Balaban J connectivity index is 1.66. The van der Waals surface area contributed by atoms with Gasteiger partial charge in [0.2, 0.25) is 0 Å². The summed E-state index contributed by atoms with van der Waals surface area (Å²) < 4.78 is 13.0.